The van der Waals surface area contributed by atoms with Crippen LogP contribution in [0, 0.1) is 10.1 Å². The number of likely N-dealkylation sites (tertiary alicyclic amines) is 1. The van der Waals surface area contributed by atoms with Crippen LogP contribution in [0.1, 0.15) is 12.0 Å². The van der Waals surface area contributed by atoms with E-state index in [-0.39, 0.29) is 23.5 Å². The first-order valence-electron chi connectivity index (χ1n) is 7.31. The van der Waals surface area contributed by atoms with Crippen molar-refractivity contribution >= 4 is 17.4 Å². The first-order chi connectivity index (χ1) is 11.1. The third kappa shape index (κ3) is 3.45. The Balaban J connectivity index is 1.67. The SMILES string of the molecule is O=C1C[C@H](Nc2ncccc2[N+](=O)[O-])CN1Cc1ccccc1. The smallest absolute Gasteiger partial charge is 0.311 e. The number of amides is 1. The second-order valence-corrected chi connectivity index (χ2v) is 5.43. The summed E-state index contributed by atoms with van der Waals surface area (Å²) in [6, 6.07) is 12.5. The van der Waals surface area contributed by atoms with Gasteiger partial charge in [-0.2, -0.15) is 0 Å². The third-order valence-corrected chi connectivity index (χ3v) is 3.75. The Bertz CT molecular complexity index is 720. The molecule has 1 atom stereocenters. The van der Waals surface area contributed by atoms with Crippen molar-refractivity contribution in [3.05, 3.63) is 64.3 Å². The van der Waals surface area contributed by atoms with Gasteiger partial charge >= 0.3 is 5.69 Å². The fourth-order valence-electron chi connectivity index (χ4n) is 2.67. The third-order valence-electron chi connectivity index (χ3n) is 3.75. The summed E-state index contributed by atoms with van der Waals surface area (Å²) in [4.78, 5) is 28.4. The number of anilines is 1. The van der Waals surface area contributed by atoms with Gasteiger partial charge in [0.15, 0.2) is 0 Å². The summed E-state index contributed by atoms with van der Waals surface area (Å²) in [7, 11) is 0. The Morgan fingerprint density at radius 3 is 2.78 bits per heavy atom. The average molecular weight is 312 g/mol. The molecular weight excluding hydrogens is 296 g/mol. The highest BCUT2D eigenvalue weighted by Gasteiger charge is 2.31. The summed E-state index contributed by atoms with van der Waals surface area (Å²) in [5.41, 5.74) is 0.978. The second-order valence-electron chi connectivity index (χ2n) is 5.43. The van der Waals surface area contributed by atoms with Gasteiger partial charge in [-0.05, 0) is 11.6 Å². The van der Waals surface area contributed by atoms with Crippen molar-refractivity contribution in [3.8, 4) is 0 Å². The monoisotopic (exact) mass is 312 g/mol. The van der Waals surface area contributed by atoms with Gasteiger partial charge in [-0.3, -0.25) is 14.9 Å². The minimum Gasteiger partial charge on any atom is -0.359 e. The Morgan fingerprint density at radius 1 is 1.26 bits per heavy atom. The van der Waals surface area contributed by atoms with E-state index in [2.05, 4.69) is 10.3 Å². The first-order valence-corrected chi connectivity index (χ1v) is 7.31. The molecule has 0 saturated carbocycles. The molecule has 7 nitrogen and oxygen atoms in total. The molecule has 1 amide bonds. The molecule has 0 aliphatic carbocycles. The standard InChI is InChI=1S/C16H16N4O3/c21-15-9-13(11-19(15)10-12-5-2-1-3-6-12)18-16-14(20(22)23)7-4-8-17-16/h1-8,13H,9-11H2,(H,17,18)/t13-/m0/s1. The zero-order valence-corrected chi connectivity index (χ0v) is 12.4. The number of nitro groups is 1. The van der Waals surface area contributed by atoms with Gasteiger partial charge in [0.05, 0.1) is 11.0 Å². The highest BCUT2D eigenvalue weighted by atomic mass is 16.6. The first kappa shape index (κ1) is 15.0. The van der Waals surface area contributed by atoms with E-state index in [0.29, 0.717) is 19.5 Å². The molecule has 2 aromatic rings. The van der Waals surface area contributed by atoms with Crippen molar-refractivity contribution < 1.29 is 9.72 Å². The number of pyridine rings is 1. The molecule has 3 rings (SSSR count). The number of carbonyl (C=O) groups excluding carboxylic acids is 1. The van der Waals surface area contributed by atoms with Crippen LogP contribution >= 0.6 is 0 Å². The van der Waals surface area contributed by atoms with Gasteiger partial charge in [-0.1, -0.05) is 30.3 Å². The number of hydrogen-bond donors (Lipinski definition) is 1. The van der Waals surface area contributed by atoms with E-state index in [4.69, 9.17) is 0 Å². The molecule has 1 aliphatic rings. The summed E-state index contributed by atoms with van der Waals surface area (Å²) in [5.74, 6) is 0.238. The Labute approximate surface area is 133 Å². The van der Waals surface area contributed by atoms with E-state index >= 15 is 0 Å². The Hall–Kier alpha value is -2.96. The van der Waals surface area contributed by atoms with E-state index in [1.165, 1.54) is 18.3 Å². The average Bonchev–Trinajstić information content (AvgIpc) is 2.88. The number of benzene rings is 1. The van der Waals surface area contributed by atoms with Crippen LogP contribution in [0.4, 0.5) is 11.5 Å². The van der Waals surface area contributed by atoms with Crippen molar-refractivity contribution in [2.24, 2.45) is 0 Å². The Morgan fingerprint density at radius 2 is 2.04 bits per heavy atom. The second kappa shape index (κ2) is 6.43. The topological polar surface area (TPSA) is 88.4 Å². The molecular formula is C16H16N4O3. The van der Waals surface area contributed by atoms with Gasteiger partial charge in [-0.15, -0.1) is 0 Å². The summed E-state index contributed by atoms with van der Waals surface area (Å²) in [5, 5.41) is 14.0. The van der Waals surface area contributed by atoms with E-state index in [1.54, 1.807) is 4.90 Å². The van der Waals surface area contributed by atoms with Gasteiger partial charge in [0.1, 0.15) is 0 Å². The minimum atomic E-state index is -0.478. The molecule has 1 N–H and O–H groups in total. The fourth-order valence-corrected chi connectivity index (χ4v) is 2.67. The molecule has 118 valence electrons. The summed E-state index contributed by atoms with van der Waals surface area (Å²) in [6.45, 7) is 1.05. The van der Waals surface area contributed by atoms with Crippen LogP contribution < -0.4 is 5.32 Å². The lowest BCUT2D eigenvalue weighted by molar-refractivity contribution is -0.384. The van der Waals surface area contributed by atoms with E-state index in [9.17, 15) is 14.9 Å². The Kier molecular flexibility index (Phi) is 4.18. The molecule has 1 aromatic carbocycles. The summed E-state index contributed by atoms with van der Waals surface area (Å²) < 4.78 is 0. The van der Waals surface area contributed by atoms with Crippen molar-refractivity contribution in [2.75, 3.05) is 11.9 Å². The molecule has 23 heavy (non-hydrogen) atoms. The van der Waals surface area contributed by atoms with Crippen LogP contribution in [0.2, 0.25) is 0 Å². The van der Waals surface area contributed by atoms with Crippen molar-refractivity contribution in [1.82, 2.24) is 9.88 Å². The number of aromatic nitrogens is 1. The molecule has 1 aliphatic heterocycles. The maximum absolute atomic E-state index is 12.1. The number of hydrogen-bond acceptors (Lipinski definition) is 5. The lowest BCUT2D eigenvalue weighted by Crippen LogP contribution is -2.27. The molecule has 7 heteroatoms. The zero-order chi connectivity index (χ0) is 16.2. The number of carbonyl (C=O) groups is 1. The molecule has 0 bridgehead atoms. The molecule has 1 saturated heterocycles. The van der Waals surface area contributed by atoms with Crippen LogP contribution in [-0.4, -0.2) is 33.3 Å². The highest BCUT2D eigenvalue weighted by Crippen LogP contribution is 2.24. The van der Waals surface area contributed by atoms with E-state index in [0.717, 1.165) is 5.56 Å². The molecule has 1 fully saturated rings. The summed E-state index contributed by atoms with van der Waals surface area (Å²) >= 11 is 0. The quantitative estimate of drug-likeness (QED) is 0.675. The van der Waals surface area contributed by atoms with Gasteiger partial charge in [-0.25, -0.2) is 4.98 Å². The number of rotatable bonds is 5. The molecule has 0 spiro atoms. The highest BCUT2D eigenvalue weighted by molar-refractivity contribution is 5.80. The van der Waals surface area contributed by atoms with Crippen molar-refractivity contribution in [1.29, 1.82) is 0 Å². The molecule has 0 radical (unpaired) electrons. The van der Waals surface area contributed by atoms with Crippen molar-refractivity contribution in [3.63, 3.8) is 0 Å². The maximum Gasteiger partial charge on any atom is 0.311 e. The molecule has 0 unspecified atom stereocenters. The maximum atomic E-state index is 12.1. The fraction of sp³-hybridized carbons (Fsp3) is 0.250. The zero-order valence-electron chi connectivity index (χ0n) is 12.4. The van der Waals surface area contributed by atoms with Crippen LogP contribution in [0.5, 0.6) is 0 Å². The predicted octanol–water partition coefficient (Wildman–Crippen LogP) is 2.20. The number of nitrogens with one attached hydrogen (secondary N) is 1. The minimum absolute atomic E-state index is 0.0323. The van der Waals surface area contributed by atoms with Crippen LogP contribution in [0.3, 0.4) is 0 Å². The van der Waals surface area contributed by atoms with Gasteiger partial charge in [0.2, 0.25) is 11.7 Å². The lowest BCUT2D eigenvalue weighted by Gasteiger charge is -2.17. The van der Waals surface area contributed by atoms with Crippen LogP contribution in [0.15, 0.2) is 48.7 Å². The van der Waals surface area contributed by atoms with Gasteiger partial charge in [0, 0.05) is 31.8 Å². The van der Waals surface area contributed by atoms with Crippen LogP contribution in [-0.2, 0) is 11.3 Å². The van der Waals surface area contributed by atoms with Crippen molar-refractivity contribution in [2.45, 2.75) is 19.0 Å². The lowest BCUT2D eigenvalue weighted by atomic mass is 10.2. The van der Waals surface area contributed by atoms with E-state index < -0.39 is 4.92 Å². The number of nitrogens with zero attached hydrogens (tertiary/aromatic N) is 3. The van der Waals surface area contributed by atoms with Gasteiger partial charge in [0.25, 0.3) is 0 Å². The predicted molar refractivity (Wildman–Crippen MR) is 84.8 cm³/mol. The van der Waals surface area contributed by atoms with Crippen LogP contribution in [0.25, 0.3) is 0 Å². The molecule has 1 aromatic heterocycles. The van der Waals surface area contributed by atoms with Gasteiger partial charge < -0.3 is 10.2 Å². The normalized spacial score (nSPS) is 17.3. The largest absolute Gasteiger partial charge is 0.359 e. The molecule has 2 heterocycles. The summed E-state index contributed by atoms with van der Waals surface area (Å²) in [6.07, 6.45) is 1.80. The van der Waals surface area contributed by atoms with E-state index in [1.807, 2.05) is 30.3 Å².